The van der Waals surface area contributed by atoms with Crippen LogP contribution < -0.4 is 16.0 Å². The average Bonchev–Trinajstić information content (AvgIpc) is 3.03. The first kappa shape index (κ1) is 15.0. The number of hydrogen-bond donors (Lipinski definition) is 2. The Hall–Kier alpha value is -2.60. The van der Waals surface area contributed by atoms with Gasteiger partial charge in [-0.1, -0.05) is 30.3 Å². The highest BCUT2D eigenvalue weighted by atomic mass is 79.9. The fraction of sp³-hybridized carbons (Fsp3) is 0.111. The minimum Gasteiger partial charge on any atom is -0.393 e. The first-order valence-corrected chi connectivity index (χ1v) is 8.51. The number of nitrogens with one attached hydrogen (secondary N) is 1. The third-order valence-corrected chi connectivity index (χ3v) is 4.82. The molecular weight excluding hydrogens is 366 g/mol. The number of benzene rings is 2. The van der Waals surface area contributed by atoms with E-state index in [0.717, 1.165) is 34.6 Å². The number of fused-ring (bicyclic) bond motifs is 1. The summed E-state index contributed by atoms with van der Waals surface area (Å²) in [6.07, 6.45) is 2.54. The van der Waals surface area contributed by atoms with Crippen molar-refractivity contribution in [3.8, 4) is 0 Å². The zero-order valence-corrected chi connectivity index (χ0v) is 14.5. The molecule has 4 rings (SSSR count). The molecule has 1 aliphatic rings. The summed E-state index contributed by atoms with van der Waals surface area (Å²) in [6, 6.07) is 16.2. The number of rotatable bonds is 3. The average molecular weight is 382 g/mol. The van der Waals surface area contributed by atoms with Crippen LogP contribution in [0.25, 0.3) is 0 Å². The quantitative estimate of drug-likeness (QED) is 0.709. The highest BCUT2D eigenvalue weighted by Gasteiger charge is 2.24. The van der Waals surface area contributed by atoms with Gasteiger partial charge in [0.15, 0.2) is 11.6 Å². The Morgan fingerprint density at radius 3 is 2.71 bits per heavy atom. The van der Waals surface area contributed by atoms with E-state index in [-0.39, 0.29) is 0 Å². The first-order chi connectivity index (χ1) is 11.7. The van der Waals surface area contributed by atoms with Crippen LogP contribution in [0, 0.1) is 0 Å². The van der Waals surface area contributed by atoms with Gasteiger partial charge in [-0.15, -0.1) is 0 Å². The molecule has 0 atom stereocenters. The number of hydrogen-bond acceptors (Lipinski definition) is 5. The number of nitrogens with zero attached hydrogens (tertiary/aromatic N) is 3. The molecule has 0 fully saturated rings. The molecule has 0 amide bonds. The molecule has 0 saturated carbocycles. The minimum absolute atomic E-state index is 0.546. The molecule has 0 unspecified atom stereocenters. The smallest absolute Gasteiger partial charge is 0.161 e. The van der Waals surface area contributed by atoms with Crippen molar-refractivity contribution in [1.29, 1.82) is 0 Å². The molecule has 5 nitrogen and oxygen atoms in total. The molecule has 0 bridgehead atoms. The number of anilines is 5. The van der Waals surface area contributed by atoms with Gasteiger partial charge in [-0.05, 0) is 46.1 Å². The summed E-state index contributed by atoms with van der Waals surface area (Å²) in [6.45, 7) is 0.870. The van der Waals surface area contributed by atoms with Crippen LogP contribution in [0.4, 0.5) is 28.7 Å². The van der Waals surface area contributed by atoms with E-state index in [1.54, 1.807) is 6.33 Å². The third kappa shape index (κ3) is 2.59. The first-order valence-electron chi connectivity index (χ1n) is 7.71. The van der Waals surface area contributed by atoms with Crippen LogP contribution in [0.2, 0.25) is 0 Å². The maximum Gasteiger partial charge on any atom is 0.161 e. The van der Waals surface area contributed by atoms with Gasteiger partial charge >= 0.3 is 0 Å². The highest BCUT2D eigenvalue weighted by Crippen LogP contribution is 2.38. The SMILES string of the molecule is Nc1c(Nc2ccccc2Br)ncnc1N1CCc2ccccc21. The van der Waals surface area contributed by atoms with Gasteiger partial charge in [0.2, 0.25) is 0 Å². The highest BCUT2D eigenvalue weighted by molar-refractivity contribution is 9.10. The normalized spacial score (nSPS) is 13.0. The van der Waals surface area contributed by atoms with Crippen LogP contribution in [0.15, 0.2) is 59.3 Å². The maximum absolute atomic E-state index is 6.37. The van der Waals surface area contributed by atoms with Crippen LogP contribution in [0.1, 0.15) is 5.56 Å². The zero-order chi connectivity index (χ0) is 16.5. The van der Waals surface area contributed by atoms with Gasteiger partial charge in [-0.25, -0.2) is 9.97 Å². The lowest BCUT2D eigenvalue weighted by molar-refractivity contribution is 0.967. The summed E-state index contributed by atoms with van der Waals surface area (Å²) in [5, 5.41) is 3.28. The summed E-state index contributed by atoms with van der Waals surface area (Å²) in [4.78, 5) is 10.9. The molecule has 0 saturated heterocycles. The molecule has 3 N–H and O–H groups in total. The predicted octanol–water partition coefficient (Wildman–Crippen LogP) is 4.26. The summed E-state index contributed by atoms with van der Waals surface area (Å²) >= 11 is 3.53. The molecule has 1 aromatic heterocycles. The van der Waals surface area contributed by atoms with E-state index in [2.05, 4.69) is 54.3 Å². The van der Waals surface area contributed by atoms with E-state index in [0.29, 0.717) is 11.5 Å². The van der Waals surface area contributed by atoms with Gasteiger partial charge in [0, 0.05) is 16.7 Å². The Balaban J connectivity index is 1.71. The van der Waals surface area contributed by atoms with Crippen LogP contribution in [-0.2, 0) is 6.42 Å². The van der Waals surface area contributed by atoms with Gasteiger partial charge in [0.25, 0.3) is 0 Å². The van der Waals surface area contributed by atoms with Crippen molar-refractivity contribution in [1.82, 2.24) is 9.97 Å². The Kier molecular flexibility index (Phi) is 3.82. The number of para-hydroxylation sites is 2. The van der Waals surface area contributed by atoms with Crippen molar-refractivity contribution < 1.29 is 0 Å². The summed E-state index contributed by atoms with van der Waals surface area (Å²) in [5.41, 5.74) is 10.3. The Morgan fingerprint density at radius 1 is 1.04 bits per heavy atom. The maximum atomic E-state index is 6.37. The van der Waals surface area contributed by atoms with Crippen molar-refractivity contribution in [2.45, 2.75) is 6.42 Å². The second-order valence-corrected chi connectivity index (χ2v) is 6.45. The second kappa shape index (κ2) is 6.13. The van der Waals surface area contributed by atoms with Gasteiger partial charge in [0.1, 0.15) is 12.0 Å². The summed E-state index contributed by atoms with van der Waals surface area (Å²) in [5.74, 6) is 1.35. The molecule has 0 spiro atoms. The molecule has 2 heterocycles. The van der Waals surface area contributed by atoms with E-state index >= 15 is 0 Å². The van der Waals surface area contributed by atoms with E-state index in [1.807, 2.05) is 30.3 Å². The van der Waals surface area contributed by atoms with Gasteiger partial charge in [-0.2, -0.15) is 0 Å². The molecule has 3 aromatic rings. The molecule has 120 valence electrons. The standard InChI is InChI=1S/C18H16BrN5/c19-13-6-2-3-7-14(13)23-17-16(20)18(22-11-21-17)24-10-9-12-5-1-4-8-15(12)24/h1-8,11H,9-10,20H2,(H,21,22,23). The molecule has 24 heavy (non-hydrogen) atoms. The number of aromatic nitrogens is 2. The monoisotopic (exact) mass is 381 g/mol. The van der Waals surface area contributed by atoms with Crippen molar-refractivity contribution in [2.24, 2.45) is 0 Å². The fourth-order valence-corrected chi connectivity index (χ4v) is 3.33. The zero-order valence-electron chi connectivity index (χ0n) is 12.9. The lowest BCUT2D eigenvalue weighted by atomic mass is 10.2. The molecule has 2 aromatic carbocycles. The summed E-state index contributed by atoms with van der Waals surface area (Å²) < 4.78 is 0.955. The van der Waals surface area contributed by atoms with Crippen LogP contribution in [-0.4, -0.2) is 16.5 Å². The van der Waals surface area contributed by atoms with Gasteiger partial charge < -0.3 is 16.0 Å². The molecule has 6 heteroatoms. The molecule has 0 radical (unpaired) electrons. The van der Waals surface area contributed by atoms with Crippen molar-refractivity contribution in [2.75, 3.05) is 22.5 Å². The molecule has 1 aliphatic heterocycles. The number of halogens is 1. The topological polar surface area (TPSA) is 67.1 Å². The van der Waals surface area contributed by atoms with Crippen LogP contribution >= 0.6 is 15.9 Å². The Bertz CT molecular complexity index is 896. The third-order valence-electron chi connectivity index (χ3n) is 4.13. The predicted molar refractivity (Wildman–Crippen MR) is 101 cm³/mol. The Labute approximate surface area is 148 Å². The number of nitrogen functional groups attached to an aromatic ring is 1. The van der Waals surface area contributed by atoms with E-state index < -0.39 is 0 Å². The minimum atomic E-state index is 0.546. The lowest BCUT2D eigenvalue weighted by Gasteiger charge is -2.21. The van der Waals surface area contributed by atoms with Crippen molar-refractivity contribution in [3.05, 3.63) is 64.9 Å². The Morgan fingerprint density at radius 2 is 1.83 bits per heavy atom. The van der Waals surface area contributed by atoms with Crippen LogP contribution in [0.3, 0.4) is 0 Å². The number of nitrogens with two attached hydrogens (primary N) is 1. The van der Waals surface area contributed by atoms with Crippen molar-refractivity contribution >= 4 is 44.6 Å². The fourth-order valence-electron chi connectivity index (χ4n) is 2.95. The lowest BCUT2D eigenvalue weighted by Crippen LogP contribution is -2.17. The van der Waals surface area contributed by atoms with Gasteiger partial charge in [0.05, 0.1) is 5.69 Å². The van der Waals surface area contributed by atoms with Crippen LogP contribution in [0.5, 0.6) is 0 Å². The van der Waals surface area contributed by atoms with E-state index in [9.17, 15) is 0 Å². The molecule has 0 aliphatic carbocycles. The largest absolute Gasteiger partial charge is 0.393 e. The van der Waals surface area contributed by atoms with Gasteiger partial charge in [-0.3, -0.25) is 0 Å². The molecular formula is C18H16BrN5. The van der Waals surface area contributed by atoms with E-state index in [4.69, 9.17) is 5.73 Å². The second-order valence-electron chi connectivity index (χ2n) is 5.59. The summed E-state index contributed by atoms with van der Waals surface area (Å²) in [7, 11) is 0. The van der Waals surface area contributed by atoms with Crippen molar-refractivity contribution in [3.63, 3.8) is 0 Å². The van der Waals surface area contributed by atoms with E-state index in [1.165, 1.54) is 5.56 Å².